The Morgan fingerprint density at radius 2 is 0.960 bits per heavy atom. The lowest BCUT2D eigenvalue weighted by molar-refractivity contribution is -0.365. The van der Waals surface area contributed by atoms with Crippen molar-refractivity contribution in [2.75, 3.05) is 13.2 Å². The fourth-order valence-electron chi connectivity index (χ4n) is 2.12. The monoisotopic (exact) mass is 418 g/mol. The van der Waals surface area contributed by atoms with Crippen LogP contribution in [0.5, 0.6) is 0 Å². The SMILES string of the molecule is CCO[Si](OCC)(C(F)=C(F)F)C(C(F)(F)F)(C(F)(F)F)C(F)(F)F. The molecular formula is C10H10F12O2Si. The second-order valence-corrected chi connectivity index (χ2v) is 7.30. The van der Waals surface area contributed by atoms with Gasteiger partial charge in [-0.1, -0.05) is 0 Å². The quantitative estimate of drug-likeness (QED) is 0.416. The third-order valence-electron chi connectivity index (χ3n) is 2.92. The molecule has 0 saturated heterocycles. The largest absolute Gasteiger partial charge is 0.444 e. The normalized spacial score (nSPS) is 14.6. The van der Waals surface area contributed by atoms with Crippen molar-refractivity contribution in [1.29, 1.82) is 0 Å². The van der Waals surface area contributed by atoms with Crippen LogP contribution in [0, 0.1) is 0 Å². The average molecular weight is 418 g/mol. The Hall–Kier alpha value is -0.963. The summed E-state index contributed by atoms with van der Waals surface area (Å²) in [6, 6.07) is 0. The van der Waals surface area contributed by atoms with Gasteiger partial charge in [0, 0.05) is 13.2 Å². The minimum absolute atomic E-state index is 0.595. The number of hydrogen-bond acceptors (Lipinski definition) is 2. The zero-order valence-electron chi connectivity index (χ0n) is 12.3. The smallest absolute Gasteiger partial charge is 0.389 e. The summed E-state index contributed by atoms with van der Waals surface area (Å²) in [5.74, 6) is 0. The fraction of sp³-hybridized carbons (Fsp3) is 0.800. The minimum Gasteiger partial charge on any atom is -0.389 e. The van der Waals surface area contributed by atoms with E-state index in [-0.39, 0.29) is 0 Å². The maximum Gasteiger partial charge on any atom is 0.444 e. The Morgan fingerprint density at radius 1 is 0.680 bits per heavy atom. The molecule has 0 atom stereocenters. The standard InChI is InChI=1S/C10H10F12O2Si/c1-3-23-25(24-4-2,6(13)5(11)12)7(8(14,15)16,9(17,18)19)10(20,21)22/h3-4H2,1-2H3. The third-order valence-corrected chi connectivity index (χ3v) is 6.91. The van der Waals surface area contributed by atoms with E-state index in [1.807, 2.05) is 0 Å². The van der Waals surface area contributed by atoms with Gasteiger partial charge in [-0.25, -0.2) is 4.39 Å². The molecule has 0 amide bonds. The number of rotatable bonds is 6. The maximum absolute atomic E-state index is 13.7. The molecule has 0 unspecified atom stereocenters. The van der Waals surface area contributed by atoms with E-state index in [1.165, 1.54) is 0 Å². The van der Waals surface area contributed by atoms with Crippen molar-refractivity contribution in [2.45, 2.75) is 37.4 Å². The van der Waals surface area contributed by atoms with Crippen LogP contribution in [0.3, 0.4) is 0 Å². The summed E-state index contributed by atoms with van der Waals surface area (Å²) in [6.07, 6.45) is -25.8. The van der Waals surface area contributed by atoms with Crippen molar-refractivity contribution in [2.24, 2.45) is 0 Å². The highest BCUT2D eigenvalue weighted by Crippen LogP contribution is 2.71. The number of alkyl halides is 9. The summed E-state index contributed by atoms with van der Waals surface area (Å²) in [5, 5.41) is -6.99. The second kappa shape index (κ2) is 7.34. The van der Waals surface area contributed by atoms with Gasteiger partial charge < -0.3 is 8.85 Å². The van der Waals surface area contributed by atoms with Crippen LogP contribution in [0.15, 0.2) is 11.5 Å². The van der Waals surface area contributed by atoms with Crippen LogP contribution < -0.4 is 0 Å². The molecule has 0 radical (unpaired) electrons. The molecule has 15 heteroatoms. The van der Waals surface area contributed by atoms with Crippen molar-refractivity contribution in [3.63, 3.8) is 0 Å². The molecule has 0 aliphatic rings. The van der Waals surface area contributed by atoms with Gasteiger partial charge >= 0.3 is 38.2 Å². The Kier molecular flexibility index (Phi) is 7.06. The van der Waals surface area contributed by atoms with Crippen molar-refractivity contribution in [3.05, 3.63) is 11.5 Å². The van der Waals surface area contributed by atoms with Crippen LogP contribution in [0.2, 0.25) is 5.04 Å². The molecule has 0 aromatic heterocycles. The van der Waals surface area contributed by atoms with Gasteiger partial charge in [-0.05, 0) is 13.8 Å². The molecule has 0 aromatic rings. The highest BCUT2D eigenvalue weighted by Gasteiger charge is 2.96. The van der Waals surface area contributed by atoms with Crippen molar-refractivity contribution in [3.8, 4) is 0 Å². The number of halogens is 12. The Morgan fingerprint density at radius 3 is 1.12 bits per heavy atom. The Labute approximate surface area is 133 Å². The van der Waals surface area contributed by atoms with Crippen LogP contribution in [-0.4, -0.2) is 40.3 Å². The van der Waals surface area contributed by atoms with E-state index in [4.69, 9.17) is 0 Å². The van der Waals surface area contributed by atoms with Crippen LogP contribution >= 0.6 is 0 Å². The lowest BCUT2D eigenvalue weighted by Crippen LogP contribution is -2.72. The Balaban J connectivity index is 7.51. The average Bonchev–Trinajstić information content (AvgIpc) is 2.32. The van der Waals surface area contributed by atoms with Crippen molar-refractivity contribution in [1.82, 2.24) is 0 Å². The predicted molar refractivity (Wildman–Crippen MR) is 60.2 cm³/mol. The van der Waals surface area contributed by atoms with Gasteiger partial charge in [-0.15, -0.1) is 0 Å². The number of hydrogen-bond donors (Lipinski definition) is 0. The van der Waals surface area contributed by atoms with Crippen LogP contribution in [-0.2, 0) is 8.85 Å². The van der Waals surface area contributed by atoms with Crippen LogP contribution in [0.4, 0.5) is 52.7 Å². The first kappa shape index (κ1) is 24.0. The highest BCUT2D eigenvalue weighted by molar-refractivity contribution is 6.78. The summed E-state index contributed by atoms with van der Waals surface area (Å²) in [7, 11) is -7.56. The molecule has 0 N–H and O–H groups in total. The molecular weight excluding hydrogens is 408 g/mol. The van der Waals surface area contributed by atoms with Gasteiger partial charge in [-0.2, -0.15) is 48.3 Å². The first-order valence-electron chi connectivity index (χ1n) is 6.17. The van der Waals surface area contributed by atoms with Gasteiger partial charge in [-0.3, -0.25) is 0 Å². The first-order chi connectivity index (χ1) is 11.0. The molecule has 0 aliphatic carbocycles. The molecule has 0 aliphatic heterocycles. The Bertz CT molecular complexity index is 446. The third kappa shape index (κ3) is 3.62. The van der Waals surface area contributed by atoms with Gasteiger partial charge in [0.15, 0.2) is 0 Å². The van der Waals surface area contributed by atoms with Gasteiger partial charge in [0.1, 0.15) is 0 Å². The molecule has 0 rings (SSSR count). The molecule has 0 fully saturated rings. The molecule has 0 heterocycles. The van der Waals surface area contributed by atoms with E-state index < -0.39 is 56.9 Å². The molecule has 0 saturated carbocycles. The molecule has 2 nitrogen and oxygen atoms in total. The minimum atomic E-state index is -7.56. The maximum atomic E-state index is 13.7. The lowest BCUT2D eigenvalue weighted by atomic mass is 10.1. The molecule has 25 heavy (non-hydrogen) atoms. The van der Waals surface area contributed by atoms with Crippen molar-refractivity contribution >= 4 is 8.56 Å². The zero-order chi connectivity index (χ0) is 20.5. The van der Waals surface area contributed by atoms with Gasteiger partial charge in [0.25, 0.3) is 0 Å². The van der Waals surface area contributed by atoms with E-state index in [1.54, 1.807) is 0 Å². The topological polar surface area (TPSA) is 18.5 Å². The molecule has 150 valence electrons. The summed E-state index contributed by atoms with van der Waals surface area (Å²) < 4.78 is 165. The molecule has 0 bridgehead atoms. The van der Waals surface area contributed by atoms with E-state index in [0.29, 0.717) is 13.8 Å². The summed E-state index contributed by atoms with van der Waals surface area (Å²) in [4.78, 5) is 0. The summed E-state index contributed by atoms with van der Waals surface area (Å²) in [6.45, 7) is -1.59. The van der Waals surface area contributed by atoms with Gasteiger partial charge in [0.2, 0.25) is 5.45 Å². The predicted octanol–water partition coefficient (Wildman–Crippen LogP) is 5.55. The van der Waals surface area contributed by atoms with Crippen LogP contribution in [0.1, 0.15) is 13.8 Å². The van der Waals surface area contributed by atoms with Gasteiger partial charge in [0.05, 0.1) is 0 Å². The van der Waals surface area contributed by atoms with Crippen LogP contribution in [0.25, 0.3) is 0 Å². The second-order valence-electron chi connectivity index (χ2n) is 4.30. The first-order valence-corrected chi connectivity index (χ1v) is 7.98. The van der Waals surface area contributed by atoms with E-state index in [0.717, 1.165) is 0 Å². The van der Waals surface area contributed by atoms with E-state index in [2.05, 4.69) is 8.85 Å². The molecule has 0 aromatic carbocycles. The fourth-order valence-corrected chi connectivity index (χ4v) is 5.40. The molecule has 0 spiro atoms. The van der Waals surface area contributed by atoms with E-state index in [9.17, 15) is 52.7 Å². The highest BCUT2D eigenvalue weighted by atomic mass is 28.4. The van der Waals surface area contributed by atoms with Crippen molar-refractivity contribution < 1.29 is 61.5 Å². The zero-order valence-corrected chi connectivity index (χ0v) is 13.3. The summed E-state index contributed by atoms with van der Waals surface area (Å²) >= 11 is 0. The summed E-state index contributed by atoms with van der Waals surface area (Å²) in [5.41, 5.74) is -3.65. The van der Waals surface area contributed by atoms with E-state index >= 15 is 0 Å². The lowest BCUT2D eigenvalue weighted by Gasteiger charge is -2.47.